The molecule has 1 aliphatic carbocycles. The van der Waals surface area contributed by atoms with Gasteiger partial charge in [-0.3, -0.25) is 4.99 Å². The van der Waals surface area contributed by atoms with Crippen LogP contribution in [0.1, 0.15) is 31.2 Å². The van der Waals surface area contributed by atoms with Gasteiger partial charge in [0.1, 0.15) is 11.9 Å². The topological polar surface area (TPSA) is 61.1 Å². The fourth-order valence-electron chi connectivity index (χ4n) is 3.53. The van der Waals surface area contributed by atoms with Gasteiger partial charge in [-0.25, -0.2) is 4.98 Å². The molecule has 0 amide bonds. The number of thioether (sulfide) groups is 1. The van der Waals surface area contributed by atoms with Crippen LogP contribution in [0, 0.1) is 5.41 Å². The number of nitrogens with one attached hydrogen (secondary N) is 2. The minimum Gasteiger partial charge on any atom is -0.360 e. The summed E-state index contributed by atoms with van der Waals surface area (Å²) in [6, 6.07) is 8.99. The predicted octanol–water partition coefficient (Wildman–Crippen LogP) is 6.11. The lowest BCUT2D eigenvalue weighted by Crippen LogP contribution is -2.36. The van der Waals surface area contributed by atoms with Gasteiger partial charge in [-0.15, -0.1) is 11.8 Å². The number of hydrogen-bond acceptors (Lipinski definition) is 5. The van der Waals surface area contributed by atoms with Crippen molar-refractivity contribution < 1.29 is 13.2 Å². The van der Waals surface area contributed by atoms with E-state index in [0.29, 0.717) is 11.7 Å². The van der Waals surface area contributed by atoms with Gasteiger partial charge >= 0.3 is 6.18 Å². The first kappa shape index (κ1) is 21.6. The molecule has 4 nitrogen and oxygen atoms in total. The van der Waals surface area contributed by atoms with Crippen LogP contribution in [0.3, 0.4) is 0 Å². The summed E-state index contributed by atoms with van der Waals surface area (Å²) in [5.74, 6) is 1.98. The van der Waals surface area contributed by atoms with Gasteiger partial charge in [0, 0.05) is 24.2 Å². The van der Waals surface area contributed by atoms with Crippen LogP contribution >= 0.6 is 11.8 Å². The normalized spacial score (nSPS) is 21.0. The Hall–Kier alpha value is -2.61. The van der Waals surface area contributed by atoms with E-state index in [0.717, 1.165) is 40.3 Å². The lowest BCUT2D eigenvalue weighted by Gasteiger charge is -2.25. The molecule has 2 heterocycles. The second-order valence-corrected chi connectivity index (χ2v) is 8.93. The molecule has 0 spiro atoms. The first-order chi connectivity index (χ1) is 14.9. The number of benzene rings is 1. The molecule has 1 aromatic heterocycles. The molecule has 0 saturated heterocycles. The summed E-state index contributed by atoms with van der Waals surface area (Å²) in [5, 5.41) is 10.6. The Balaban J connectivity index is 1.60. The van der Waals surface area contributed by atoms with E-state index in [1.807, 2.05) is 13.0 Å². The Morgan fingerprint density at radius 2 is 1.94 bits per heavy atom. The zero-order valence-corrected chi connectivity index (χ0v) is 17.8. The number of rotatable bonds is 7. The number of aromatic nitrogens is 1. The third kappa shape index (κ3) is 5.01. The summed E-state index contributed by atoms with van der Waals surface area (Å²) in [5.41, 5.74) is 2.56. The highest BCUT2D eigenvalue weighted by Crippen LogP contribution is 2.40. The lowest BCUT2D eigenvalue weighted by atomic mass is 10.0. The smallest absolute Gasteiger partial charge is 0.360 e. The molecule has 1 fully saturated rings. The van der Waals surface area contributed by atoms with Crippen molar-refractivity contribution in [3.63, 3.8) is 0 Å². The molecule has 1 aliphatic heterocycles. The number of aliphatic imine (C=N–C) groups is 1. The molecule has 2 aromatic rings. The minimum atomic E-state index is -4.48. The molecule has 162 valence electrons. The minimum absolute atomic E-state index is 0.497. The highest BCUT2D eigenvalue weighted by atomic mass is 32.2. The number of anilines is 1. The third-order valence-electron chi connectivity index (χ3n) is 5.36. The van der Waals surface area contributed by atoms with Gasteiger partial charge in [-0.1, -0.05) is 31.2 Å². The average Bonchev–Trinajstić information content (AvgIpc) is 3.60. The second kappa shape index (κ2) is 8.86. The fraction of sp³-hybridized carbons (Fsp3) is 0.348. The van der Waals surface area contributed by atoms with Crippen molar-refractivity contribution in [2.24, 2.45) is 4.99 Å². The van der Waals surface area contributed by atoms with Crippen LogP contribution in [0.5, 0.6) is 0 Å². The van der Waals surface area contributed by atoms with Crippen molar-refractivity contribution in [3.05, 3.63) is 53.7 Å². The Kier molecular flexibility index (Phi) is 6.18. The average molecular weight is 445 g/mol. The number of nitrogens with zero attached hydrogens (tertiary/aromatic N) is 2. The Morgan fingerprint density at radius 3 is 2.55 bits per heavy atom. The summed E-state index contributed by atoms with van der Waals surface area (Å²) < 4.78 is 39.4. The third-order valence-corrected chi connectivity index (χ3v) is 6.27. The highest BCUT2D eigenvalue weighted by molar-refractivity contribution is 7.99. The first-order valence-electron chi connectivity index (χ1n) is 10.2. The van der Waals surface area contributed by atoms with Gasteiger partial charge in [-0.2, -0.15) is 13.2 Å². The van der Waals surface area contributed by atoms with Gasteiger partial charge in [0.05, 0.1) is 16.5 Å². The molecule has 1 saturated carbocycles. The van der Waals surface area contributed by atoms with Gasteiger partial charge < -0.3 is 10.7 Å². The maximum absolute atomic E-state index is 13.1. The van der Waals surface area contributed by atoms with Crippen molar-refractivity contribution in [1.82, 2.24) is 4.98 Å². The van der Waals surface area contributed by atoms with E-state index in [-0.39, 0.29) is 0 Å². The maximum Gasteiger partial charge on any atom is 0.417 e. The van der Waals surface area contributed by atoms with Crippen LogP contribution in [0.15, 0.2) is 58.1 Å². The van der Waals surface area contributed by atoms with E-state index < -0.39 is 23.8 Å². The Morgan fingerprint density at radius 1 is 1.19 bits per heavy atom. The SMILES string of the molecule is CCSc1cc(-c2ccc(C3CC3)cc2)cnc1NC1C=C(C(F)(F)F)C=NC1C=N. The molecule has 0 bridgehead atoms. The zero-order valence-electron chi connectivity index (χ0n) is 17.0. The number of hydrogen-bond donors (Lipinski definition) is 2. The number of dihydropyridines is 1. The van der Waals surface area contributed by atoms with Crippen molar-refractivity contribution in [1.29, 1.82) is 5.41 Å². The zero-order chi connectivity index (χ0) is 22.0. The summed E-state index contributed by atoms with van der Waals surface area (Å²) in [4.78, 5) is 9.27. The van der Waals surface area contributed by atoms with E-state index in [1.54, 1.807) is 18.0 Å². The molecule has 2 aliphatic rings. The molecular formula is C23H23F3N4S. The molecule has 2 N–H and O–H groups in total. The van der Waals surface area contributed by atoms with E-state index in [1.165, 1.54) is 18.4 Å². The van der Waals surface area contributed by atoms with Crippen LogP contribution < -0.4 is 5.32 Å². The van der Waals surface area contributed by atoms with Crippen molar-refractivity contribution in [2.45, 2.75) is 48.8 Å². The molecular weight excluding hydrogens is 421 g/mol. The molecule has 31 heavy (non-hydrogen) atoms. The largest absolute Gasteiger partial charge is 0.417 e. The maximum atomic E-state index is 13.1. The molecule has 0 radical (unpaired) electrons. The standard InChI is InChI=1S/C23H23F3N4S/c1-2-31-21-9-17(16-7-5-15(6-8-16)14-3-4-14)12-29-22(21)30-19-10-18(23(24,25)26)13-28-20(19)11-27/h5-14,19-20,27H,2-4H2,1H3,(H,29,30). The monoisotopic (exact) mass is 444 g/mol. The number of allylic oxidation sites excluding steroid dienone is 1. The van der Waals surface area contributed by atoms with Crippen molar-refractivity contribution in [3.8, 4) is 11.1 Å². The van der Waals surface area contributed by atoms with Gasteiger partial charge in [0.15, 0.2) is 0 Å². The van der Waals surface area contributed by atoms with E-state index in [4.69, 9.17) is 5.41 Å². The second-order valence-electron chi connectivity index (χ2n) is 7.63. The van der Waals surface area contributed by atoms with Crippen LogP contribution in [0.4, 0.5) is 19.0 Å². The summed E-state index contributed by atoms with van der Waals surface area (Å²) in [7, 11) is 0. The quantitative estimate of drug-likeness (QED) is 0.400. The summed E-state index contributed by atoms with van der Waals surface area (Å²) in [6.45, 7) is 2.01. The van der Waals surface area contributed by atoms with Crippen LogP contribution in [-0.2, 0) is 0 Å². The Labute approximate surface area is 183 Å². The fourth-order valence-corrected chi connectivity index (χ4v) is 4.30. The van der Waals surface area contributed by atoms with Crippen LogP contribution in [0.25, 0.3) is 11.1 Å². The number of alkyl halides is 3. The first-order valence-corrected chi connectivity index (χ1v) is 11.2. The summed E-state index contributed by atoms with van der Waals surface area (Å²) in [6.07, 6.45) is 2.67. The summed E-state index contributed by atoms with van der Waals surface area (Å²) >= 11 is 1.57. The van der Waals surface area contributed by atoms with Gasteiger partial charge in [-0.05, 0) is 47.8 Å². The van der Waals surface area contributed by atoms with E-state index >= 15 is 0 Å². The van der Waals surface area contributed by atoms with Gasteiger partial charge in [0.2, 0.25) is 0 Å². The molecule has 4 rings (SSSR count). The number of halogens is 3. The molecule has 8 heteroatoms. The molecule has 2 unspecified atom stereocenters. The van der Waals surface area contributed by atoms with Crippen LogP contribution in [0.2, 0.25) is 0 Å². The molecule has 2 atom stereocenters. The lowest BCUT2D eigenvalue weighted by molar-refractivity contribution is -0.0860. The predicted molar refractivity (Wildman–Crippen MR) is 121 cm³/mol. The molecule has 1 aromatic carbocycles. The van der Waals surface area contributed by atoms with Crippen molar-refractivity contribution in [2.75, 3.05) is 11.1 Å². The van der Waals surface area contributed by atoms with Gasteiger partial charge in [0.25, 0.3) is 0 Å². The van der Waals surface area contributed by atoms with E-state index in [2.05, 4.69) is 39.6 Å². The highest BCUT2D eigenvalue weighted by Gasteiger charge is 2.36. The number of pyridine rings is 1. The van der Waals surface area contributed by atoms with E-state index in [9.17, 15) is 13.2 Å². The van der Waals surface area contributed by atoms with Crippen molar-refractivity contribution >= 4 is 30.0 Å². The Bertz CT molecular complexity index is 1010. The van der Waals surface area contributed by atoms with Crippen LogP contribution in [-0.4, -0.2) is 41.4 Å².